The van der Waals surface area contributed by atoms with E-state index in [0.717, 1.165) is 18.8 Å². The van der Waals surface area contributed by atoms with Crippen LogP contribution in [0.5, 0.6) is 28.7 Å². The fourth-order valence-electron chi connectivity index (χ4n) is 3.63. The average Bonchev–Trinajstić information content (AvgIpc) is 3.02. The predicted molar refractivity (Wildman–Crippen MR) is 175 cm³/mol. The summed E-state index contributed by atoms with van der Waals surface area (Å²) in [4.78, 5) is 0. The van der Waals surface area contributed by atoms with Gasteiger partial charge in [0.25, 0.3) is 22.5 Å². The van der Waals surface area contributed by atoms with Crippen molar-refractivity contribution in [3.63, 3.8) is 0 Å². The van der Waals surface area contributed by atoms with Gasteiger partial charge in [-0.3, -0.25) is 8.91 Å². The van der Waals surface area contributed by atoms with Gasteiger partial charge in [0.05, 0.1) is 26.5 Å². The maximum absolute atomic E-state index is 12.0. The van der Waals surface area contributed by atoms with Crippen molar-refractivity contribution in [3.8, 4) is 28.7 Å². The van der Waals surface area contributed by atoms with Gasteiger partial charge in [0.1, 0.15) is 17.2 Å². The molecule has 2 atom stereocenters. The number of nitrogens with one attached hydrogen (secondary N) is 2. The number of hydrogen-bond acceptors (Lipinski definition) is 7. The molecule has 0 bridgehead atoms. The molecule has 0 saturated carbocycles. The maximum Gasteiger partial charge on any atom is 0.288 e. The zero-order valence-electron chi connectivity index (χ0n) is 25.9. The molecule has 9 nitrogen and oxygen atoms in total. The lowest BCUT2D eigenvalue weighted by molar-refractivity contribution is 0.304. The molecule has 3 aromatic carbocycles. The summed E-state index contributed by atoms with van der Waals surface area (Å²) in [5, 5.41) is 0. The summed E-state index contributed by atoms with van der Waals surface area (Å²) in [5.74, 6) is 2.81. The Morgan fingerprint density at radius 1 is 0.698 bits per heavy atom. The molecular weight excluding hydrogens is 588 g/mol. The number of anilines is 1. The number of unbranched alkanes of at least 4 members (excludes halogenated alkanes) is 5. The molecular formula is C32H46N2O7S2. The molecule has 3 rings (SSSR count). The Labute approximate surface area is 262 Å². The van der Waals surface area contributed by atoms with Crippen LogP contribution in [-0.4, -0.2) is 35.8 Å². The van der Waals surface area contributed by atoms with E-state index in [4.69, 9.17) is 18.4 Å². The van der Waals surface area contributed by atoms with Gasteiger partial charge in [-0.05, 0) is 68.3 Å². The Kier molecular flexibility index (Phi) is 18.1. The lowest BCUT2D eigenvalue weighted by Crippen LogP contribution is -2.22. The molecule has 2 unspecified atom stereocenters. The van der Waals surface area contributed by atoms with E-state index >= 15 is 0 Å². The molecule has 0 fully saturated rings. The molecule has 11 heteroatoms. The van der Waals surface area contributed by atoms with Crippen LogP contribution in [0.15, 0.2) is 66.7 Å². The number of methoxy groups -OCH3 is 1. The van der Waals surface area contributed by atoms with Crippen molar-refractivity contribution in [3.05, 3.63) is 72.3 Å². The van der Waals surface area contributed by atoms with Gasteiger partial charge in [-0.2, -0.15) is 4.21 Å². The molecule has 2 N–H and O–H groups in total. The Hall–Kier alpha value is -3.12. The van der Waals surface area contributed by atoms with Gasteiger partial charge >= 0.3 is 0 Å². The van der Waals surface area contributed by atoms with Gasteiger partial charge in [-0.15, -0.1) is 0 Å². The van der Waals surface area contributed by atoms with E-state index in [1.807, 2.05) is 19.1 Å². The summed E-state index contributed by atoms with van der Waals surface area (Å²) in [7, 11) is 2.89. The normalized spacial score (nSPS) is 11.9. The summed E-state index contributed by atoms with van der Waals surface area (Å²) in [6.45, 7) is 7.69. The van der Waals surface area contributed by atoms with Crippen LogP contribution in [0.3, 0.4) is 0 Å². The summed E-state index contributed by atoms with van der Waals surface area (Å²) < 4.78 is 55.7. The molecule has 0 spiro atoms. The lowest BCUT2D eigenvalue weighted by atomic mass is 10.1. The van der Waals surface area contributed by atoms with E-state index < -0.39 is 22.5 Å². The Bertz CT molecular complexity index is 1230. The third-order valence-corrected chi connectivity index (χ3v) is 7.48. The summed E-state index contributed by atoms with van der Waals surface area (Å²) >= 11 is -3.46. The van der Waals surface area contributed by atoms with E-state index in [1.54, 1.807) is 43.5 Å². The fourth-order valence-corrected chi connectivity index (χ4v) is 4.76. The summed E-state index contributed by atoms with van der Waals surface area (Å²) in [5.41, 5.74) is 1.74. The minimum atomic E-state index is -1.75. The van der Waals surface area contributed by atoms with Crippen LogP contribution in [-0.2, 0) is 26.7 Å². The van der Waals surface area contributed by atoms with E-state index in [2.05, 4.69) is 39.6 Å². The quantitative estimate of drug-likeness (QED) is 0.130. The number of aryl methyl sites for hydroxylation is 1. The van der Waals surface area contributed by atoms with E-state index in [0.29, 0.717) is 29.5 Å². The molecule has 0 aliphatic heterocycles. The summed E-state index contributed by atoms with van der Waals surface area (Å²) in [6.07, 6.45) is 8.70. The maximum atomic E-state index is 12.0. The third-order valence-electron chi connectivity index (χ3n) is 6.01. The predicted octanol–water partition coefficient (Wildman–Crippen LogP) is 7.82. The van der Waals surface area contributed by atoms with Crippen LogP contribution in [0.1, 0.15) is 64.4 Å². The van der Waals surface area contributed by atoms with Crippen LogP contribution in [0.2, 0.25) is 0 Å². The van der Waals surface area contributed by atoms with Crippen LogP contribution in [0.4, 0.5) is 5.69 Å². The second-order valence-electron chi connectivity index (χ2n) is 9.58. The van der Waals surface area contributed by atoms with Crippen LogP contribution in [0, 0.1) is 6.92 Å². The van der Waals surface area contributed by atoms with Gasteiger partial charge in [0.15, 0.2) is 11.5 Å². The topological polar surface area (TPSA) is 104 Å². The number of rotatable bonds is 19. The largest absolute Gasteiger partial charge is 0.497 e. The summed E-state index contributed by atoms with van der Waals surface area (Å²) in [6, 6.07) is 20.1. The minimum Gasteiger partial charge on any atom is -0.497 e. The van der Waals surface area contributed by atoms with Gasteiger partial charge in [0, 0.05) is 12.6 Å². The van der Waals surface area contributed by atoms with Crippen molar-refractivity contribution in [1.82, 2.24) is 4.72 Å². The Morgan fingerprint density at radius 3 is 2.00 bits per heavy atom. The van der Waals surface area contributed by atoms with Crippen LogP contribution in [0.25, 0.3) is 0 Å². The molecule has 0 aliphatic rings. The molecule has 0 amide bonds. The smallest absolute Gasteiger partial charge is 0.288 e. The monoisotopic (exact) mass is 634 g/mol. The fraction of sp³-hybridized carbons (Fsp3) is 0.438. The van der Waals surface area contributed by atoms with Crippen molar-refractivity contribution in [2.24, 2.45) is 0 Å². The molecule has 0 heterocycles. The highest BCUT2D eigenvalue weighted by Crippen LogP contribution is 2.35. The van der Waals surface area contributed by atoms with E-state index in [1.165, 1.54) is 57.3 Å². The van der Waals surface area contributed by atoms with Crippen LogP contribution >= 0.6 is 0 Å². The zero-order chi connectivity index (χ0) is 31.3. The highest BCUT2D eigenvalue weighted by atomic mass is 32.2. The second-order valence-corrected chi connectivity index (χ2v) is 11.5. The van der Waals surface area contributed by atoms with Crippen molar-refractivity contribution >= 4 is 28.2 Å². The van der Waals surface area contributed by atoms with Crippen molar-refractivity contribution < 1.29 is 31.0 Å². The number of ether oxygens (including phenoxy) is 3. The first-order chi connectivity index (χ1) is 20.9. The van der Waals surface area contributed by atoms with Crippen molar-refractivity contribution in [1.29, 1.82) is 0 Å². The van der Waals surface area contributed by atoms with Gasteiger partial charge in [0.2, 0.25) is 0 Å². The molecule has 3 aromatic rings. The third kappa shape index (κ3) is 15.3. The van der Waals surface area contributed by atoms with E-state index in [9.17, 15) is 8.42 Å². The van der Waals surface area contributed by atoms with Crippen LogP contribution < -0.4 is 27.8 Å². The Balaban J connectivity index is 0.000000344. The minimum absolute atomic E-state index is 0.214. The number of benzene rings is 3. The average molecular weight is 635 g/mol. The van der Waals surface area contributed by atoms with Crippen molar-refractivity contribution in [2.75, 3.05) is 32.1 Å². The van der Waals surface area contributed by atoms with Gasteiger partial charge in [-0.25, -0.2) is 8.93 Å². The number of hydrogen-bond donors (Lipinski definition) is 2. The molecule has 43 heavy (non-hydrogen) atoms. The first-order valence-electron chi connectivity index (χ1n) is 14.6. The van der Waals surface area contributed by atoms with Gasteiger partial charge in [-0.1, -0.05) is 63.6 Å². The SMILES string of the molecule is CCCCCCCCOc1ccc(C)cc1.CCCNS(=O)Oc1cc(NS(=O)OC)ccc1Oc1ccc(OC)cc1. The highest BCUT2D eigenvalue weighted by molar-refractivity contribution is 7.81. The first kappa shape index (κ1) is 36.1. The standard InChI is InChI=1S/C17H22N2O6S2.C15H24O/c1-4-11-18-26(20)25-17-12-13(19-27(21)23-3)5-10-16(17)24-15-8-6-14(22-2)7-9-15;1-3-4-5-6-7-8-13-16-15-11-9-14(2)10-12-15/h5-10,12,18-19H,4,11H2,1-3H3;9-12H,3-8,13H2,1-2H3. The first-order valence-corrected chi connectivity index (χ1v) is 16.7. The highest BCUT2D eigenvalue weighted by Gasteiger charge is 2.13. The second kappa shape index (κ2) is 21.6. The Morgan fingerprint density at radius 2 is 1.35 bits per heavy atom. The zero-order valence-corrected chi connectivity index (χ0v) is 27.5. The van der Waals surface area contributed by atoms with E-state index in [-0.39, 0.29) is 5.75 Å². The van der Waals surface area contributed by atoms with Gasteiger partial charge < -0.3 is 18.4 Å². The molecule has 0 aliphatic carbocycles. The molecule has 238 valence electrons. The lowest BCUT2D eigenvalue weighted by Gasteiger charge is -2.14. The molecule has 0 aromatic heterocycles. The molecule has 0 saturated heterocycles. The molecule has 0 radical (unpaired) electrons. The van der Waals surface area contributed by atoms with Crippen molar-refractivity contribution in [2.45, 2.75) is 65.7 Å².